The van der Waals surface area contributed by atoms with Crippen LogP contribution in [0.3, 0.4) is 0 Å². The van der Waals surface area contributed by atoms with Crippen LogP contribution in [0.25, 0.3) is 0 Å². The van der Waals surface area contributed by atoms with Crippen LogP contribution in [0.4, 0.5) is 5.95 Å². The molecule has 0 amide bonds. The van der Waals surface area contributed by atoms with Crippen molar-refractivity contribution in [1.29, 1.82) is 0 Å². The first kappa shape index (κ1) is 16.2. The zero-order chi connectivity index (χ0) is 15.2. The van der Waals surface area contributed by atoms with Gasteiger partial charge in [0.2, 0.25) is 5.95 Å². The van der Waals surface area contributed by atoms with E-state index in [2.05, 4.69) is 47.9 Å². The third kappa shape index (κ3) is 4.95. The van der Waals surface area contributed by atoms with Gasteiger partial charge in [0.15, 0.2) is 0 Å². The largest absolute Gasteiger partial charge is 0.341 e. The van der Waals surface area contributed by atoms with E-state index in [-0.39, 0.29) is 0 Å². The van der Waals surface area contributed by atoms with Crippen molar-refractivity contribution in [3.05, 3.63) is 18.0 Å². The van der Waals surface area contributed by atoms with Gasteiger partial charge in [0, 0.05) is 37.6 Å². The summed E-state index contributed by atoms with van der Waals surface area (Å²) in [5.74, 6) is 3.22. The second kappa shape index (κ2) is 7.74. The van der Waals surface area contributed by atoms with Crippen molar-refractivity contribution in [2.45, 2.75) is 47.1 Å². The molecule has 2 heterocycles. The first-order valence-corrected chi connectivity index (χ1v) is 8.33. The number of anilines is 1. The van der Waals surface area contributed by atoms with Crippen LogP contribution in [0.15, 0.2) is 12.4 Å². The molecular formula is C17H30N4. The van der Waals surface area contributed by atoms with Gasteiger partial charge in [-0.2, -0.15) is 0 Å². The van der Waals surface area contributed by atoms with E-state index in [4.69, 9.17) is 0 Å². The molecule has 0 aliphatic carbocycles. The molecule has 1 aromatic heterocycles. The standard InChI is InChI=1S/C17H30N4/c1-13(2)9-18-10-15-11-19-17(20-12-15)21-7-5-16(6-8-21)14(3)4/h11-14,16,18H,5-10H2,1-4H3. The minimum Gasteiger partial charge on any atom is -0.341 e. The highest BCUT2D eigenvalue weighted by molar-refractivity contribution is 5.30. The van der Waals surface area contributed by atoms with E-state index in [1.165, 1.54) is 12.8 Å². The van der Waals surface area contributed by atoms with E-state index < -0.39 is 0 Å². The number of hydrogen-bond acceptors (Lipinski definition) is 4. The fourth-order valence-corrected chi connectivity index (χ4v) is 2.87. The van der Waals surface area contributed by atoms with Crippen molar-refractivity contribution < 1.29 is 0 Å². The van der Waals surface area contributed by atoms with Crippen LogP contribution in [0, 0.1) is 17.8 Å². The van der Waals surface area contributed by atoms with Gasteiger partial charge in [0.1, 0.15) is 0 Å². The molecule has 0 radical (unpaired) electrons. The third-order valence-corrected chi connectivity index (χ3v) is 4.34. The van der Waals surface area contributed by atoms with Crippen molar-refractivity contribution in [3.8, 4) is 0 Å². The van der Waals surface area contributed by atoms with E-state index in [0.717, 1.165) is 49.5 Å². The molecule has 0 bridgehead atoms. The topological polar surface area (TPSA) is 41.1 Å². The number of nitrogens with zero attached hydrogens (tertiary/aromatic N) is 3. The van der Waals surface area contributed by atoms with Gasteiger partial charge >= 0.3 is 0 Å². The van der Waals surface area contributed by atoms with Gasteiger partial charge in [0.25, 0.3) is 0 Å². The van der Waals surface area contributed by atoms with Crippen LogP contribution < -0.4 is 10.2 Å². The second-order valence-electron chi connectivity index (χ2n) is 6.98. The van der Waals surface area contributed by atoms with E-state index in [1.54, 1.807) is 0 Å². The number of piperidine rings is 1. The summed E-state index contributed by atoms with van der Waals surface area (Å²) in [6.07, 6.45) is 6.45. The zero-order valence-electron chi connectivity index (χ0n) is 14.0. The Kier molecular flexibility index (Phi) is 5.97. The maximum absolute atomic E-state index is 4.54. The number of hydrogen-bond donors (Lipinski definition) is 1. The molecule has 4 heteroatoms. The van der Waals surface area contributed by atoms with Crippen LogP contribution in [0.2, 0.25) is 0 Å². The lowest BCUT2D eigenvalue weighted by Gasteiger charge is -2.33. The maximum Gasteiger partial charge on any atom is 0.225 e. The van der Waals surface area contributed by atoms with Crippen molar-refractivity contribution in [2.75, 3.05) is 24.5 Å². The van der Waals surface area contributed by atoms with Gasteiger partial charge in [-0.05, 0) is 37.1 Å². The average molecular weight is 290 g/mol. The SMILES string of the molecule is CC(C)CNCc1cnc(N2CCC(C(C)C)CC2)nc1. The first-order valence-electron chi connectivity index (χ1n) is 8.33. The van der Waals surface area contributed by atoms with Crippen LogP contribution >= 0.6 is 0 Å². The van der Waals surface area contributed by atoms with E-state index >= 15 is 0 Å². The van der Waals surface area contributed by atoms with Gasteiger partial charge in [-0.15, -0.1) is 0 Å². The lowest BCUT2D eigenvalue weighted by atomic mass is 9.87. The molecule has 0 unspecified atom stereocenters. The maximum atomic E-state index is 4.54. The Morgan fingerprint density at radius 3 is 2.29 bits per heavy atom. The van der Waals surface area contributed by atoms with Crippen LogP contribution in [0.5, 0.6) is 0 Å². The summed E-state index contributed by atoms with van der Waals surface area (Å²) in [6.45, 7) is 13.2. The molecule has 4 nitrogen and oxygen atoms in total. The van der Waals surface area contributed by atoms with E-state index in [0.29, 0.717) is 5.92 Å². The second-order valence-corrected chi connectivity index (χ2v) is 6.98. The van der Waals surface area contributed by atoms with Gasteiger partial charge in [-0.1, -0.05) is 27.7 Å². The molecule has 0 aromatic carbocycles. The lowest BCUT2D eigenvalue weighted by molar-refractivity contribution is 0.310. The fraction of sp³-hybridized carbons (Fsp3) is 0.765. The molecule has 1 N–H and O–H groups in total. The Morgan fingerprint density at radius 2 is 1.76 bits per heavy atom. The Balaban J connectivity index is 1.82. The van der Waals surface area contributed by atoms with Crippen LogP contribution in [-0.4, -0.2) is 29.6 Å². The van der Waals surface area contributed by atoms with E-state index in [9.17, 15) is 0 Å². The molecule has 21 heavy (non-hydrogen) atoms. The average Bonchev–Trinajstić information content (AvgIpc) is 2.48. The van der Waals surface area contributed by atoms with Crippen molar-refractivity contribution >= 4 is 5.95 Å². The summed E-state index contributed by atoms with van der Waals surface area (Å²) >= 11 is 0. The number of rotatable bonds is 6. The molecule has 1 aliphatic heterocycles. The highest BCUT2D eigenvalue weighted by Crippen LogP contribution is 2.26. The minimum atomic E-state index is 0.674. The van der Waals surface area contributed by atoms with Crippen molar-refractivity contribution in [3.63, 3.8) is 0 Å². The number of nitrogens with one attached hydrogen (secondary N) is 1. The molecule has 1 saturated heterocycles. The molecule has 2 rings (SSSR count). The quantitative estimate of drug-likeness (QED) is 0.874. The summed E-state index contributed by atoms with van der Waals surface area (Å²) < 4.78 is 0. The predicted octanol–water partition coefficient (Wildman–Crippen LogP) is 3.09. The molecule has 0 atom stereocenters. The van der Waals surface area contributed by atoms with Gasteiger partial charge in [0.05, 0.1) is 0 Å². The van der Waals surface area contributed by atoms with Crippen LogP contribution in [-0.2, 0) is 6.54 Å². The smallest absolute Gasteiger partial charge is 0.225 e. The molecule has 1 fully saturated rings. The normalized spacial score (nSPS) is 17.0. The Bertz CT molecular complexity index is 405. The van der Waals surface area contributed by atoms with Gasteiger partial charge in [-0.25, -0.2) is 9.97 Å². The molecule has 0 saturated carbocycles. The first-order chi connectivity index (χ1) is 10.1. The third-order valence-electron chi connectivity index (χ3n) is 4.34. The van der Waals surface area contributed by atoms with Gasteiger partial charge in [-0.3, -0.25) is 0 Å². The summed E-state index contributed by atoms with van der Waals surface area (Å²) in [4.78, 5) is 11.4. The fourth-order valence-electron chi connectivity index (χ4n) is 2.87. The van der Waals surface area contributed by atoms with Crippen molar-refractivity contribution in [1.82, 2.24) is 15.3 Å². The molecule has 0 spiro atoms. The van der Waals surface area contributed by atoms with Gasteiger partial charge < -0.3 is 10.2 Å². The summed E-state index contributed by atoms with van der Waals surface area (Å²) in [6, 6.07) is 0. The summed E-state index contributed by atoms with van der Waals surface area (Å²) in [7, 11) is 0. The van der Waals surface area contributed by atoms with E-state index in [1.807, 2.05) is 12.4 Å². The number of aromatic nitrogens is 2. The molecular weight excluding hydrogens is 260 g/mol. The Hall–Kier alpha value is -1.16. The van der Waals surface area contributed by atoms with Crippen LogP contribution in [0.1, 0.15) is 46.1 Å². The minimum absolute atomic E-state index is 0.674. The monoisotopic (exact) mass is 290 g/mol. The molecule has 1 aromatic rings. The molecule has 118 valence electrons. The highest BCUT2D eigenvalue weighted by Gasteiger charge is 2.22. The Morgan fingerprint density at radius 1 is 1.14 bits per heavy atom. The zero-order valence-corrected chi connectivity index (χ0v) is 14.0. The summed E-state index contributed by atoms with van der Waals surface area (Å²) in [5, 5.41) is 3.42. The van der Waals surface area contributed by atoms with Crippen molar-refractivity contribution in [2.24, 2.45) is 17.8 Å². The highest BCUT2D eigenvalue weighted by atomic mass is 15.2. The predicted molar refractivity (Wildman–Crippen MR) is 88.4 cm³/mol. The lowest BCUT2D eigenvalue weighted by Crippen LogP contribution is -2.36. The Labute approximate surface area is 129 Å². The summed E-state index contributed by atoms with van der Waals surface area (Å²) in [5.41, 5.74) is 1.16. The molecule has 1 aliphatic rings.